The first kappa shape index (κ1) is 27.1. The number of halogens is 6. The monoisotopic (exact) mass is 647 g/mol. The van der Waals surface area contributed by atoms with E-state index in [2.05, 4.69) is 28.8 Å². The van der Waals surface area contributed by atoms with Gasteiger partial charge in [0.15, 0.2) is 0 Å². The number of fused-ring (bicyclic) bond motifs is 16. The van der Waals surface area contributed by atoms with Crippen LogP contribution in [0, 0.1) is 0 Å². The number of aromatic nitrogens is 1. The fourth-order valence-corrected chi connectivity index (χ4v) is 9.13. The number of hydrogen-bond acceptors (Lipinski definition) is 1. The summed E-state index contributed by atoms with van der Waals surface area (Å²) in [5, 5.41) is 6.18. The van der Waals surface area contributed by atoms with Crippen LogP contribution in [0.15, 0.2) is 115 Å². The molecule has 2 aromatic heterocycles. The third kappa shape index (κ3) is 3.08. The molecule has 47 heavy (non-hydrogen) atoms. The van der Waals surface area contributed by atoms with E-state index in [9.17, 15) is 8.78 Å². The van der Waals surface area contributed by atoms with Gasteiger partial charge >= 0.3 is 17.8 Å². The molecule has 0 fully saturated rings. The Morgan fingerprint density at radius 2 is 1.00 bits per heavy atom. The molecule has 228 valence electrons. The van der Waals surface area contributed by atoms with Crippen molar-refractivity contribution in [2.45, 2.75) is 17.8 Å². The molecule has 0 saturated heterocycles. The Morgan fingerprint density at radius 1 is 0.468 bits per heavy atom. The molecule has 0 aliphatic heterocycles. The van der Waals surface area contributed by atoms with E-state index >= 15 is 17.6 Å². The average Bonchev–Trinajstić information content (AvgIpc) is 3.67. The molecule has 0 bridgehead atoms. The van der Waals surface area contributed by atoms with Gasteiger partial charge in [0, 0.05) is 43.1 Å². The summed E-state index contributed by atoms with van der Waals surface area (Å²) in [4.78, 5) is 0. The number of alkyl halides is 6. The van der Waals surface area contributed by atoms with Gasteiger partial charge in [-0.05, 0) is 56.6 Å². The predicted molar refractivity (Wildman–Crippen MR) is 179 cm³/mol. The molecular weight excluding hydrogens is 628 g/mol. The third-order valence-corrected chi connectivity index (χ3v) is 11.0. The van der Waals surface area contributed by atoms with E-state index in [1.807, 2.05) is 48.5 Å². The largest absolute Gasteiger partial charge is 0.380 e. The van der Waals surface area contributed by atoms with E-state index in [1.165, 1.54) is 24.3 Å². The maximum absolute atomic E-state index is 15.4. The van der Waals surface area contributed by atoms with Gasteiger partial charge in [0.25, 0.3) is 0 Å². The van der Waals surface area contributed by atoms with Crippen molar-refractivity contribution in [1.29, 1.82) is 0 Å². The van der Waals surface area contributed by atoms with Gasteiger partial charge < -0.3 is 4.57 Å². The van der Waals surface area contributed by atoms with Crippen molar-refractivity contribution < 1.29 is 26.3 Å². The second-order valence-corrected chi connectivity index (χ2v) is 13.2. The lowest BCUT2D eigenvalue weighted by Gasteiger charge is -2.23. The van der Waals surface area contributed by atoms with Crippen LogP contribution in [0.4, 0.5) is 26.3 Å². The van der Waals surface area contributed by atoms with Gasteiger partial charge in [-0.15, -0.1) is 11.3 Å². The maximum Gasteiger partial charge on any atom is 0.380 e. The molecule has 0 unspecified atom stereocenters. The summed E-state index contributed by atoms with van der Waals surface area (Å²) in [6.07, 6.45) is 0. The Bertz CT molecular complexity index is 2840. The highest BCUT2D eigenvalue weighted by molar-refractivity contribution is 7.27. The molecule has 1 nitrogen and oxygen atoms in total. The quantitative estimate of drug-likeness (QED) is 0.123. The van der Waals surface area contributed by atoms with Crippen LogP contribution in [-0.4, -0.2) is 10.5 Å². The van der Waals surface area contributed by atoms with Crippen LogP contribution in [0.5, 0.6) is 0 Å². The van der Waals surface area contributed by atoms with E-state index in [-0.39, 0.29) is 21.5 Å². The van der Waals surface area contributed by atoms with Gasteiger partial charge in [-0.3, -0.25) is 0 Å². The number of thiophene rings is 1. The fourth-order valence-electron chi connectivity index (χ4n) is 7.88. The minimum atomic E-state index is -5.58. The Kier molecular flexibility index (Phi) is 4.97. The highest BCUT2D eigenvalue weighted by Crippen LogP contribution is 2.66. The Labute approximate surface area is 265 Å². The summed E-state index contributed by atoms with van der Waals surface area (Å²) in [7, 11) is 0. The molecule has 2 heterocycles. The SMILES string of the molecule is FC1(F)c2c(c3ccc(-n4c5ccccc5c5c6ccccc6c6c7ccccc7sc6c54)cc3c3ccccc23)C(F)(F)C1(F)F. The van der Waals surface area contributed by atoms with Gasteiger partial charge in [-0.2, -0.15) is 26.3 Å². The van der Waals surface area contributed by atoms with Crippen molar-refractivity contribution in [3.63, 3.8) is 0 Å². The fraction of sp³-hybridized carbons (Fsp3) is 0.0769. The van der Waals surface area contributed by atoms with Crippen molar-refractivity contribution in [2.75, 3.05) is 0 Å². The highest BCUT2D eigenvalue weighted by Gasteiger charge is 2.79. The summed E-state index contributed by atoms with van der Waals surface area (Å²) in [5.74, 6) is -15.7. The Balaban J connectivity index is 1.41. The number of para-hydroxylation sites is 1. The molecule has 0 atom stereocenters. The van der Waals surface area contributed by atoms with Gasteiger partial charge in [-0.25, -0.2) is 0 Å². The number of benzene rings is 7. The van der Waals surface area contributed by atoms with E-state index in [0.717, 1.165) is 52.8 Å². The van der Waals surface area contributed by atoms with E-state index < -0.39 is 28.9 Å². The molecule has 9 aromatic rings. The van der Waals surface area contributed by atoms with Gasteiger partial charge in [0.1, 0.15) is 0 Å². The number of nitrogens with zero attached hydrogens (tertiary/aromatic N) is 1. The minimum Gasteiger partial charge on any atom is -0.308 e. The molecule has 0 spiro atoms. The lowest BCUT2D eigenvalue weighted by molar-refractivity contribution is -0.301. The number of hydrogen-bond donors (Lipinski definition) is 0. The van der Waals surface area contributed by atoms with Gasteiger partial charge in [0.05, 0.1) is 15.7 Å². The van der Waals surface area contributed by atoms with Gasteiger partial charge in [0.2, 0.25) is 0 Å². The van der Waals surface area contributed by atoms with Crippen molar-refractivity contribution in [1.82, 2.24) is 4.57 Å². The molecule has 7 aromatic carbocycles. The van der Waals surface area contributed by atoms with Crippen molar-refractivity contribution in [3.8, 4) is 5.69 Å². The van der Waals surface area contributed by atoms with E-state index in [4.69, 9.17) is 0 Å². The summed E-state index contributed by atoms with van der Waals surface area (Å²) in [6, 6.07) is 34.7. The molecule has 0 saturated carbocycles. The zero-order valence-electron chi connectivity index (χ0n) is 24.1. The molecule has 0 amide bonds. The van der Waals surface area contributed by atoms with E-state index in [0.29, 0.717) is 5.69 Å². The minimum absolute atomic E-state index is 0.198. The second kappa shape index (κ2) is 8.63. The summed E-state index contributed by atoms with van der Waals surface area (Å²) >= 11 is 1.67. The Morgan fingerprint density at radius 3 is 1.70 bits per heavy atom. The summed E-state index contributed by atoms with van der Waals surface area (Å²) in [6.45, 7) is 0. The van der Waals surface area contributed by atoms with Crippen LogP contribution >= 0.6 is 11.3 Å². The van der Waals surface area contributed by atoms with Crippen LogP contribution in [0.2, 0.25) is 0 Å². The van der Waals surface area contributed by atoms with Crippen molar-refractivity contribution >= 4 is 85.6 Å². The van der Waals surface area contributed by atoms with Crippen molar-refractivity contribution in [3.05, 3.63) is 126 Å². The molecule has 10 rings (SSSR count). The first-order valence-electron chi connectivity index (χ1n) is 15.0. The first-order valence-corrected chi connectivity index (χ1v) is 15.8. The van der Waals surface area contributed by atoms with E-state index in [1.54, 1.807) is 29.5 Å². The molecule has 8 heteroatoms. The summed E-state index contributed by atoms with van der Waals surface area (Å²) < 4.78 is 95.4. The van der Waals surface area contributed by atoms with Crippen LogP contribution in [-0.2, 0) is 11.8 Å². The predicted octanol–water partition coefficient (Wildman–Crippen LogP) is 12.4. The summed E-state index contributed by atoms with van der Waals surface area (Å²) in [5.41, 5.74) is -0.227. The topological polar surface area (TPSA) is 4.93 Å². The highest BCUT2D eigenvalue weighted by atomic mass is 32.1. The molecule has 1 aliphatic carbocycles. The van der Waals surface area contributed by atoms with Crippen molar-refractivity contribution in [2.24, 2.45) is 0 Å². The molecule has 0 radical (unpaired) electrons. The lowest BCUT2D eigenvalue weighted by Crippen LogP contribution is -2.43. The smallest absolute Gasteiger partial charge is 0.308 e. The van der Waals surface area contributed by atoms with Gasteiger partial charge in [-0.1, -0.05) is 91.0 Å². The van der Waals surface area contributed by atoms with Crippen LogP contribution in [0.1, 0.15) is 11.1 Å². The maximum atomic E-state index is 15.4. The first-order chi connectivity index (χ1) is 22.6. The number of rotatable bonds is 1. The molecular formula is C39H19F6NS. The second-order valence-electron chi connectivity index (χ2n) is 12.2. The zero-order valence-corrected chi connectivity index (χ0v) is 24.9. The normalized spacial score (nSPS) is 16.8. The molecule has 0 N–H and O–H groups in total. The molecule has 1 aliphatic rings. The third-order valence-electron chi connectivity index (χ3n) is 9.83. The lowest BCUT2D eigenvalue weighted by atomic mass is 9.91. The standard InChI is InChI=1S/C39H19F6NS/c40-37(41)33-24-12-4-1-9-21(24)28-19-20(17-18-25(28)34(33)38(42,43)39(37,44)45)46-29-15-7-5-13-26(29)31-22-10-2-3-11-23(22)32-27-14-6-8-16-30(27)47-36(32)35(31)46/h1-19H. The Hall–Kier alpha value is -5.08. The van der Waals surface area contributed by atoms with Crippen LogP contribution in [0.25, 0.3) is 80.0 Å². The average molecular weight is 648 g/mol. The van der Waals surface area contributed by atoms with Crippen LogP contribution in [0.3, 0.4) is 0 Å². The van der Waals surface area contributed by atoms with Crippen LogP contribution < -0.4 is 0 Å². The zero-order chi connectivity index (χ0) is 32.0.